The number of aliphatic hydroxyl groups is 1. The summed E-state index contributed by atoms with van der Waals surface area (Å²) in [6, 6.07) is 12.1. The van der Waals surface area contributed by atoms with Crippen molar-refractivity contribution in [3.8, 4) is 17.3 Å². The van der Waals surface area contributed by atoms with Crippen molar-refractivity contribution in [2.45, 2.75) is 12.0 Å². The zero-order valence-corrected chi connectivity index (χ0v) is 15.6. The molecule has 1 aromatic heterocycles. The molecule has 0 bridgehead atoms. The molecule has 3 rings (SSSR count). The number of hydrogen-bond donors (Lipinski definition) is 2. The average Bonchev–Trinajstić information content (AvgIpc) is 3.21. The number of rotatable bonds is 7. The van der Waals surface area contributed by atoms with E-state index in [9.17, 15) is 13.9 Å². The van der Waals surface area contributed by atoms with Crippen LogP contribution in [0.3, 0.4) is 0 Å². The fraction of sp³-hybridized carbons (Fsp3) is 0.143. The minimum Gasteiger partial charge on any atom is -0.391 e. The largest absolute Gasteiger partial charge is 0.391 e. The summed E-state index contributed by atoms with van der Waals surface area (Å²) in [5, 5.41) is 24.8. The Balaban J connectivity index is 1.91. The van der Waals surface area contributed by atoms with Gasteiger partial charge in [0.2, 0.25) is 0 Å². The Hall–Kier alpha value is -3.08. The summed E-state index contributed by atoms with van der Waals surface area (Å²) >= 11 is 1.23. The lowest BCUT2D eigenvalue weighted by molar-refractivity contribution is 0.142. The SMILES string of the molecule is C=CNCC(c1cc(F)ccc1F)C(O)c1nc(-c2ccc(C#N)cc2)cs1. The van der Waals surface area contributed by atoms with Gasteiger partial charge < -0.3 is 10.4 Å². The lowest BCUT2D eigenvalue weighted by Crippen LogP contribution is -2.23. The van der Waals surface area contributed by atoms with Crippen LogP contribution in [0.1, 0.15) is 28.2 Å². The first-order chi connectivity index (χ1) is 13.5. The van der Waals surface area contributed by atoms with Crippen molar-refractivity contribution >= 4 is 11.3 Å². The summed E-state index contributed by atoms with van der Waals surface area (Å²) in [4.78, 5) is 4.46. The first-order valence-electron chi connectivity index (χ1n) is 8.46. The highest BCUT2D eigenvalue weighted by atomic mass is 32.1. The zero-order valence-electron chi connectivity index (χ0n) is 14.8. The number of aliphatic hydroxyl groups excluding tert-OH is 1. The molecule has 0 amide bonds. The van der Waals surface area contributed by atoms with Gasteiger partial charge in [0, 0.05) is 23.4 Å². The van der Waals surface area contributed by atoms with E-state index in [0.717, 1.165) is 23.8 Å². The Labute approximate surface area is 165 Å². The second-order valence-electron chi connectivity index (χ2n) is 6.09. The number of nitrogens with zero attached hydrogens (tertiary/aromatic N) is 2. The number of thiazole rings is 1. The summed E-state index contributed by atoms with van der Waals surface area (Å²) in [5.74, 6) is -1.93. The molecule has 28 heavy (non-hydrogen) atoms. The van der Waals surface area contributed by atoms with E-state index in [1.54, 1.807) is 29.6 Å². The predicted octanol–water partition coefficient (Wildman–Crippen LogP) is 4.51. The van der Waals surface area contributed by atoms with Crippen molar-refractivity contribution in [2.24, 2.45) is 0 Å². The standard InChI is InChI=1S/C21H17F2N3OS/c1-2-25-11-17(16-9-15(22)7-8-18(16)23)20(27)21-26-19(12-28-21)14-5-3-13(10-24)4-6-14/h2-9,12,17,20,25,27H,1,11H2. The Morgan fingerprint density at radius 1 is 1.25 bits per heavy atom. The van der Waals surface area contributed by atoms with Crippen LogP contribution in [0.25, 0.3) is 11.3 Å². The van der Waals surface area contributed by atoms with Gasteiger partial charge in [0.25, 0.3) is 0 Å². The van der Waals surface area contributed by atoms with Crippen molar-refractivity contribution in [1.29, 1.82) is 5.26 Å². The van der Waals surface area contributed by atoms with E-state index in [4.69, 9.17) is 5.26 Å². The lowest BCUT2D eigenvalue weighted by atomic mass is 9.92. The Morgan fingerprint density at radius 2 is 2.00 bits per heavy atom. The van der Waals surface area contributed by atoms with Crippen LogP contribution >= 0.6 is 11.3 Å². The molecular weight excluding hydrogens is 380 g/mol. The highest BCUT2D eigenvalue weighted by Gasteiger charge is 2.28. The van der Waals surface area contributed by atoms with Crippen LogP contribution < -0.4 is 5.32 Å². The van der Waals surface area contributed by atoms with E-state index in [-0.39, 0.29) is 12.1 Å². The van der Waals surface area contributed by atoms with E-state index in [0.29, 0.717) is 16.3 Å². The highest BCUT2D eigenvalue weighted by Crippen LogP contribution is 2.35. The maximum absolute atomic E-state index is 14.3. The van der Waals surface area contributed by atoms with E-state index in [1.165, 1.54) is 17.5 Å². The second-order valence-corrected chi connectivity index (χ2v) is 6.98. The van der Waals surface area contributed by atoms with Gasteiger partial charge in [0.15, 0.2) is 0 Å². The topological polar surface area (TPSA) is 68.9 Å². The first kappa shape index (κ1) is 19.7. The van der Waals surface area contributed by atoms with Crippen molar-refractivity contribution in [3.63, 3.8) is 0 Å². The van der Waals surface area contributed by atoms with Gasteiger partial charge in [-0.25, -0.2) is 13.8 Å². The molecule has 0 aliphatic rings. The van der Waals surface area contributed by atoms with Crippen LogP contribution in [-0.2, 0) is 0 Å². The molecule has 2 unspecified atom stereocenters. The molecule has 2 atom stereocenters. The van der Waals surface area contributed by atoms with Crippen LogP contribution in [0.2, 0.25) is 0 Å². The summed E-state index contributed by atoms with van der Waals surface area (Å²) in [6.07, 6.45) is 0.293. The highest BCUT2D eigenvalue weighted by molar-refractivity contribution is 7.10. The number of nitriles is 1. The number of aromatic nitrogens is 1. The van der Waals surface area contributed by atoms with E-state index < -0.39 is 23.7 Å². The smallest absolute Gasteiger partial charge is 0.127 e. The third-order valence-corrected chi connectivity index (χ3v) is 5.22. The van der Waals surface area contributed by atoms with Crippen molar-refractivity contribution in [3.05, 3.63) is 88.4 Å². The molecule has 0 spiro atoms. The summed E-state index contributed by atoms with van der Waals surface area (Å²) in [5.41, 5.74) is 2.04. The van der Waals surface area contributed by atoms with Crippen LogP contribution in [-0.4, -0.2) is 16.6 Å². The molecule has 142 valence electrons. The molecule has 3 aromatic rings. The second kappa shape index (κ2) is 8.74. The average molecular weight is 397 g/mol. The molecule has 0 saturated carbocycles. The molecular formula is C21H17F2N3OS. The third kappa shape index (κ3) is 4.25. The molecule has 2 N–H and O–H groups in total. The fourth-order valence-corrected chi connectivity index (χ4v) is 3.72. The van der Waals surface area contributed by atoms with Crippen molar-refractivity contribution in [2.75, 3.05) is 6.54 Å². The first-order valence-corrected chi connectivity index (χ1v) is 9.34. The van der Waals surface area contributed by atoms with Crippen LogP contribution in [0.5, 0.6) is 0 Å². The van der Waals surface area contributed by atoms with Gasteiger partial charge in [0.05, 0.1) is 17.3 Å². The van der Waals surface area contributed by atoms with Crippen molar-refractivity contribution < 1.29 is 13.9 Å². The molecule has 0 fully saturated rings. The van der Waals surface area contributed by atoms with Crippen LogP contribution in [0.15, 0.2) is 60.6 Å². The molecule has 0 aliphatic heterocycles. The molecule has 4 nitrogen and oxygen atoms in total. The zero-order chi connectivity index (χ0) is 20.1. The van der Waals surface area contributed by atoms with Gasteiger partial charge >= 0.3 is 0 Å². The molecule has 0 aliphatic carbocycles. The number of hydrogen-bond acceptors (Lipinski definition) is 5. The fourth-order valence-electron chi connectivity index (χ4n) is 2.84. The van der Waals surface area contributed by atoms with Gasteiger partial charge in [-0.05, 0) is 42.1 Å². The van der Waals surface area contributed by atoms with Crippen LogP contribution in [0, 0.1) is 23.0 Å². The molecule has 7 heteroatoms. The summed E-state index contributed by atoms with van der Waals surface area (Å²) < 4.78 is 27.9. The Kier molecular flexibility index (Phi) is 6.14. The minimum absolute atomic E-state index is 0.0666. The predicted molar refractivity (Wildman–Crippen MR) is 105 cm³/mol. The minimum atomic E-state index is -1.14. The summed E-state index contributed by atoms with van der Waals surface area (Å²) in [6.45, 7) is 3.72. The monoisotopic (exact) mass is 397 g/mol. The number of benzene rings is 2. The maximum Gasteiger partial charge on any atom is 0.127 e. The van der Waals surface area contributed by atoms with Gasteiger partial charge in [0.1, 0.15) is 22.7 Å². The van der Waals surface area contributed by atoms with Gasteiger partial charge in [-0.3, -0.25) is 0 Å². The number of nitrogens with one attached hydrogen (secondary N) is 1. The maximum atomic E-state index is 14.3. The van der Waals surface area contributed by atoms with Crippen LogP contribution in [0.4, 0.5) is 8.78 Å². The molecule has 1 heterocycles. The van der Waals surface area contributed by atoms with Gasteiger partial charge in [-0.1, -0.05) is 18.7 Å². The van der Waals surface area contributed by atoms with E-state index >= 15 is 0 Å². The summed E-state index contributed by atoms with van der Waals surface area (Å²) in [7, 11) is 0. The Bertz CT molecular complexity index is 1010. The van der Waals surface area contributed by atoms with E-state index in [2.05, 4.69) is 22.9 Å². The lowest BCUT2D eigenvalue weighted by Gasteiger charge is -2.22. The normalized spacial score (nSPS) is 12.8. The van der Waals surface area contributed by atoms with Gasteiger partial charge in [-0.2, -0.15) is 5.26 Å². The van der Waals surface area contributed by atoms with Gasteiger partial charge in [-0.15, -0.1) is 11.3 Å². The molecule has 2 aromatic carbocycles. The van der Waals surface area contributed by atoms with Crippen molar-refractivity contribution in [1.82, 2.24) is 10.3 Å². The third-order valence-electron chi connectivity index (χ3n) is 4.31. The molecule has 0 saturated heterocycles. The van der Waals surface area contributed by atoms with E-state index in [1.807, 2.05) is 0 Å². The quantitative estimate of drug-likeness (QED) is 0.615. The Morgan fingerprint density at radius 3 is 2.68 bits per heavy atom. The number of halogens is 2. The molecule has 0 radical (unpaired) electrons.